The molecule has 2 bridgehead atoms. The van der Waals surface area contributed by atoms with Crippen LogP contribution in [-0.2, 0) is 9.53 Å². The minimum atomic E-state index is -0.543. The second kappa shape index (κ2) is 5.90. The minimum Gasteiger partial charge on any atom is -0.466 e. The third-order valence-corrected chi connectivity index (χ3v) is 6.11. The maximum atomic E-state index is 13.4. The fourth-order valence-electron chi connectivity index (χ4n) is 4.91. The number of carbonyl (C=O) groups is 2. The Morgan fingerprint density at radius 1 is 1.28 bits per heavy atom. The molecule has 1 N–H and O–H groups in total. The van der Waals surface area contributed by atoms with E-state index in [1.807, 2.05) is 49.2 Å². The minimum absolute atomic E-state index is 0.0279. The Morgan fingerprint density at radius 3 is 2.88 bits per heavy atom. The number of aromatic nitrogens is 1. The highest BCUT2D eigenvalue weighted by Crippen LogP contribution is 2.53. The van der Waals surface area contributed by atoms with Gasteiger partial charge in [-0.1, -0.05) is 19.1 Å². The molecule has 25 heavy (non-hydrogen) atoms. The molecule has 2 fully saturated rings. The van der Waals surface area contributed by atoms with E-state index < -0.39 is 5.41 Å². The number of H-pyrrole nitrogens is 1. The number of aromatic amines is 1. The second-order valence-corrected chi connectivity index (χ2v) is 7.14. The molecule has 0 radical (unpaired) electrons. The summed E-state index contributed by atoms with van der Waals surface area (Å²) in [6.45, 7) is 4.25. The third-order valence-electron chi connectivity index (χ3n) is 6.11. The predicted molar refractivity (Wildman–Crippen MR) is 95.3 cm³/mol. The molecule has 3 heterocycles. The van der Waals surface area contributed by atoms with Crippen molar-refractivity contribution in [1.82, 2.24) is 9.88 Å². The Bertz CT molecular complexity index is 827. The van der Waals surface area contributed by atoms with E-state index in [4.69, 9.17) is 4.74 Å². The molecule has 1 aromatic carbocycles. The zero-order valence-electron chi connectivity index (χ0n) is 14.7. The normalized spacial score (nSPS) is 27.8. The van der Waals surface area contributed by atoms with Crippen LogP contribution in [0.1, 0.15) is 49.9 Å². The lowest BCUT2D eigenvalue weighted by Gasteiger charge is -2.34. The molecule has 132 valence electrons. The van der Waals surface area contributed by atoms with Gasteiger partial charge in [0, 0.05) is 23.7 Å². The summed E-state index contributed by atoms with van der Waals surface area (Å²) in [6.07, 6.45) is 5.14. The van der Waals surface area contributed by atoms with Crippen molar-refractivity contribution in [2.24, 2.45) is 5.41 Å². The number of ether oxygens (including phenoxy) is 1. The van der Waals surface area contributed by atoms with Gasteiger partial charge in [0.25, 0.3) is 5.91 Å². The molecular weight excluding hydrogens is 316 g/mol. The van der Waals surface area contributed by atoms with Crippen LogP contribution in [0.25, 0.3) is 10.9 Å². The SMILES string of the molecule is CCOC(=O)[C@@]1(CC)C[C@H]2CC[C@@H]1N2C(=O)c1cccc2cc[nH]c12. The molecule has 2 aliphatic heterocycles. The summed E-state index contributed by atoms with van der Waals surface area (Å²) in [4.78, 5) is 31.2. The Kier molecular flexibility index (Phi) is 3.82. The van der Waals surface area contributed by atoms with Gasteiger partial charge >= 0.3 is 5.97 Å². The maximum Gasteiger partial charge on any atom is 0.314 e. The van der Waals surface area contributed by atoms with E-state index in [9.17, 15) is 9.59 Å². The highest BCUT2D eigenvalue weighted by atomic mass is 16.5. The van der Waals surface area contributed by atoms with Crippen molar-refractivity contribution in [2.45, 2.75) is 51.6 Å². The molecule has 5 nitrogen and oxygen atoms in total. The lowest BCUT2D eigenvalue weighted by molar-refractivity contribution is -0.157. The van der Waals surface area contributed by atoms with Gasteiger partial charge in [-0.05, 0) is 44.7 Å². The quantitative estimate of drug-likeness (QED) is 0.867. The lowest BCUT2D eigenvalue weighted by Crippen LogP contribution is -2.45. The summed E-state index contributed by atoms with van der Waals surface area (Å²) in [6, 6.07) is 7.83. The van der Waals surface area contributed by atoms with Crippen LogP contribution in [0.2, 0.25) is 0 Å². The van der Waals surface area contributed by atoms with Gasteiger partial charge in [0.05, 0.1) is 23.1 Å². The van der Waals surface area contributed by atoms with Crippen LogP contribution < -0.4 is 0 Å². The molecule has 0 aliphatic carbocycles. The fourth-order valence-corrected chi connectivity index (χ4v) is 4.91. The summed E-state index contributed by atoms with van der Waals surface area (Å²) in [5.74, 6) is -0.110. The van der Waals surface area contributed by atoms with E-state index in [0.29, 0.717) is 18.6 Å². The summed E-state index contributed by atoms with van der Waals surface area (Å²) in [7, 11) is 0. The predicted octanol–water partition coefficient (Wildman–Crippen LogP) is 3.50. The maximum absolute atomic E-state index is 13.4. The smallest absolute Gasteiger partial charge is 0.314 e. The first kappa shape index (κ1) is 16.2. The molecular formula is C20H24N2O3. The van der Waals surface area contributed by atoms with Crippen molar-refractivity contribution < 1.29 is 14.3 Å². The summed E-state index contributed by atoms with van der Waals surface area (Å²) in [5, 5.41) is 1.03. The van der Waals surface area contributed by atoms with Crippen LogP contribution >= 0.6 is 0 Å². The molecule has 0 unspecified atom stereocenters. The molecule has 2 aromatic rings. The van der Waals surface area contributed by atoms with Gasteiger partial charge in [0.1, 0.15) is 0 Å². The monoisotopic (exact) mass is 340 g/mol. The number of carbonyl (C=O) groups excluding carboxylic acids is 2. The molecule has 5 heteroatoms. The van der Waals surface area contributed by atoms with E-state index >= 15 is 0 Å². The fraction of sp³-hybridized carbons (Fsp3) is 0.500. The number of benzene rings is 1. The first-order valence-electron chi connectivity index (χ1n) is 9.18. The zero-order valence-corrected chi connectivity index (χ0v) is 14.7. The van der Waals surface area contributed by atoms with E-state index in [2.05, 4.69) is 4.98 Å². The van der Waals surface area contributed by atoms with Crippen molar-refractivity contribution in [3.8, 4) is 0 Å². The molecule has 4 rings (SSSR count). The van der Waals surface area contributed by atoms with Crippen molar-refractivity contribution in [3.63, 3.8) is 0 Å². The molecule has 0 spiro atoms. The van der Waals surface area contributed by atoms with Crippen LogP contribution in [0.15, 0.2) is 30.5 Å². The summed E-state index contributed by atoms with van der Waals surface area (Å²) in [5.41, 5.74) is 1.02. The van der Waals surface area contributed by atoms with Crippen molar-refractivity contribution in [2.75, 3.05) is 6.61 Å². The van der Waals surface area contributed by atoms with Crippen LogP contribution in [0.5, 0.6) is 0 Å². The van der Waals surface area contributed by atoms with Crippen LogP contribution in [-0.4, -0.2) is 40.5 Å². The average Bonchev–Trinajstić information content (AvgIpc) is 3.33. The number of rotatable bonds is 4. The van der Waals surface area contributed by atoms with E-state index in [-0.39, 0.29) is 24.0 Å². The zero-order chi connectivity index (χ0) is 17.6. The van der Waals surface area contributed by atoms with Gasteiger partial charge in [-0.25, -0.2) is 0 Å². The molecule has 1 aromatic heterocycles. The number of fused-ring (bicyclic) bond motifs is 3. The van der Waals surface area contributed by atoms with Crippen molar-refractivity contribution in [1.29, 1.82) is 0 Å². The number of nitrogens with zero attached hydrogens (tertiary/aromatic N) is 1. The first-order chi connectivity index (χ1) is 12.1. The lowest BCUT2D eigenvalue weighted by atomic mass is 9.72. The Morgan fingerprint density at radius 2 is 2.12 bits per heavy atom. The number of para-hydroxylation sites is 1. The van der Waals surface area contributed by atoms with Gasteiger partial charge in [-0.3, -0.25) is 9.59 Å². The van der Waals surface area contributed by atoms with Crippen LogP contribution in [0.4, 0.5) is 0 Å². The molecule has 0 saturated carbocycles. The molecule has 1 amide bonds. The average molecular weight is 340 g/mol. The Labute approximate surface area is 147 Å². The second-order valence-electron chi connectivity index (χ2n) is 7.14. The Hall–Kier alpha value is -2.30. The van der Waals surface area contributed by atoms with Crippen LogP contribution in [0, 0.1) is 5.41 Å². The summed E-state index contributed by atoms with van der Waals surface area (Å²) >= 11 is 0. The van der Waals surface area contributed by atoms with Crippen molar-refractivity contribution >= 4 is 22.8 Å². The number of esters is 1. The molecule has 2 aliphatic rings. The third kappa shape index (κ3) is 2.21. The highest BCUT2D eigenvalue weighted by Gasteiger charge is 2.61. The van der Waals surface area contributed by atoms with E-state index in [1.165, 1.54) is 0 Å². The number of hydrogen-bond acceptors (Lipinski definition) is 3. The topological polar surface area (TPSA) is 62.4 Å². The van der Waals surface area contributed by atoms with Gasteiger partial charge < -0.3 is 14.6 Å². The molecule has 2 saturated heterocycles. The van der Waals surface area contributed by atoms with Gasteiger partial charge in [-0.2, -0.15) is 0 Å². The van der Waals surface area contributed by atoms with E-state index in [0.717, 1.165) is 30.2 Å². The first-order valence-corrected chi connectivity index (χ1v) is 9.18. The van der Waals surface area contributed by atoms with E-state index in [1.54, 1.807) is 0 Å². The molecule has 3 atom stereocenters. The van der Waals surface area contributed by atoms with Gasteiger partial charge in [0.15, 0.2) is 0 Å². The Balaban J connectivity index is 1.71. The number of nitrogens with one attached hydrogen (secondary N) is 1. The van der Waals surface area contributed by atoms with Gasteiger partial charge in [-0.15, -0.1) is 0 Å². The summed E-state index contributed by atoms with van der Waals surface area (Å²) < 4.78 is 5.38. The van der Waals surface area contributed by atoms with Gasteiger partial charge in [0.2, 0.25) is 0 Å². The van der Waals surface area contributed by atoms with Crippen molar-refractivity contribution in [3.05, 3.63) is 36.0 Å². The standard InChI is InChI=1S/C20H24N2O3/c1-3-20(19(24)25-4-2)12-14-8-9-16(20)22(14)18(23)15-7-5-6-13-10-11-21-17(13)15/h5-7,10-11,14,16,21H,3-4,8-9,12H2,1-2H3/t14-,16+,20+/m1/s1. The number of amides is 1. The highest BCUT2D eigenvalue weighted by molar-refractivity contribution is 6.06. The number of hydrogen-bond donors (Lipinski definition) is 1. The van der Waals surface area contributed by atoms with Crippen LogP contribution in [0.3, 0.4) is 0 Å². The largest absolute Gasteiger partial charge is 0.466 e.